The molecule has 1 N–H and O–H groups in total. The first kappa shape index (κ1) is 13.2. The van der Waals surface area contributed by atoms with E-state index < -0.39 is 11.5 Å². The molecule has 1 unspecified atom stereocenters. The third-order valence-corrected chi connectivity index (χ3v) is 3.38. The molecule has 0 aliphatic carbocycles. The molecule has 6 nitrogen and oxygen atoms in total. The van der Waals surface area contributed by atoms with Gasteiger partial charge in [-0.25, -0.2) is 4.79 Å². The molecule has 0 saturated heterocycles. The predicted octanol–water partition coefficient (Wildman–Crippen LogP) is 0.846. The summed E-state index contributed by atoms with van der Waals surface area (Å²) in [4.78, 5) is 23.6. The van der Waals surface area contributed by atoms with Crippen molar-refractivity contribution in [2.24, 2.45) is 0 Å². The van der Waals surface area contributed by atoms with E-state index in [0.29, 0.717) is 36.7 Å². The number of fused-ring (bicyclic) bond motifs is 1. The maximum Gasteiger partial charge on any atom is 0.334 e. The van der Waals surface area contributed by atoms with Gasteiger partial charge in [0, 0.05) is 7.05 Å². The molecule has 0 spiro atoms. The maximum atomic E-state index is 11.5. The van der Waals surface area contributed by atoms with Crippen molar-refractivity contribution in [1.29, 1.82) is 0 Å². The third-order valence-electron chi connectivity index (χ3n) is 3.38. The van der Waals surface area contributed by atoms with Gasteiger partial charge >= 0.3 is 5.97 Å². The Balaban J connectivity index is 2.48. The normalized spacial score (nSPS) is 16.3. The average Bonchev–Trinajstić information content (AvgIpc) is 2.44. The number of hydrogen-bond donors (Lipinski definition) is 1. The smallest absolute Gasteiger partial charge is 0.334 e. The van der Waals surface area contributed by atoms with E-state index in [2.05, 4.69) is 0 Å². The number of carboxylic acid groups (broad SMARTS) is 1. The van der Waals surface area contributed by atoms with Crippen molar-refractivity contribution in [2.75, 3.05) is 20.3 Å². The van der Waals surface area contributed by atoms with Crippen molar-refractivity contribution < 1.29 is 24.2 Å². The number of carbonyl (C=O) groups is 2. The van der Waals surface area contributed by atoms with Gasteiger partial charge in [0.05, 0.1) is 0 Å². The number of ether oxygens (including phenoxy) is 2. The van der Waals surface area contributed by atoms with Crippen molar-refractivity contribution in [1.82, 2.24) is 4.90 Å². The highest BCUT2D eigenvalue weighted by Crippen LogP contribution is 2.36. The SMILES string of the molecule is CN(C=O)C(C)(C(=O)O)c1ccc2c(c1)OCCO2. The van der Waals surface area contributed by atoms with Gasteiger partial charge in [0.15, 0.2) is 17.0 Å². The molecular weight excluding hydrogens is 250 g/mol. The summed E-state index contributed by atoms with van der Waals surface area (Å²) in [5.41, 5.74) is -0.990. The van der Waals surface area contributed by atoms with E-state index in [4.69, 9.17) is 9.47 Å². The molecule has 6 heteroatoms. The van der Waals surface area contributed by atoms with Crippen molar-refractivity contribution in [3.05, 3.63) is 23.8 Å². The molecule has 102 valence electrons. The minimum absolute atomic E-state index is 0.420. The van der Waals surface area contributed by atoms with Gasteiger partial charge in [-0.1, -0.05) is 6.07 Å². The number of benzene rings is 1. The van der Waals surface area contributed by atoms with E-state index in [9.17, 15) is 14.7 Å². The lowest BCUT2D eigenvalue weighted by molar-refractivity contribution is -0.153. The lowest BCUT2D eigenvalue weighted by Crippen LogP contribution is -2.47. The van der Waals surface area contributed by atoms with Crippen LogP contribution in [-0.4, -0.2) is 42.6 Å². The van der Waals surface area contributed by atoms with Crippen LogP contribution in [0.25, 0.3) is 0 Å². The Bertz CT molecular complexity index is 516. The molecule has 0 saturated carbocycles. The summed E-state index contributed by atoms with van der Waals surface area (Å²) in [6, 6.07) is 4.88. The Morgan fingerprint density at radius 3 is 2.58 bits per heavy atom. The maximum absolute atomic E-state index is 11.5. The van der Waals surface area contributed by atoms with Gasteiger partial charge in [0.25, 0.3) is 0 Å². The van der Waals surface area contributed by atoms with E-state index in [1.165, 1.54) is 14.0 Å². The Morgan fingerprint density at radius 2 is 2.00 bits per heavy atom. The molecule has 1 aromatic rings. The van der Waals surface area contributed by atoms with Gasteiger partial charge in [-0.3, -0.25) is 4.79 Å². The molecule has 1 amide bonds. The predicted molar refractivity (Wildman–Crippen MR) is 66.2 cm³/mol. The van der Waals surface area contributed by atoms with E-state index in [-0.39, 0.29) is 0 Å². The Labute approximate surface area is 110 Å². The van der Waals surface area contributed by atoms with Crippen LogP contribution in [0.5, 0.6) is 11.5 Å². The summed E-state index contributed by atoms with van der Waals surface area (Å²) in [5.74, 6) is -0.0363. The summed E-state index contributed by atoms with van der Waals surface area (Å²) in [6.45, 7) is 2.36. The van der Waals surface area contributed by atoms with E-state index in [1.807, 2.05) is 0 Å². The first-order valence-electron chi connectivity index (χ1n) is 5.82. The van der Waals surface area contributed by atoms with Crippen LogP contribution in [-0.2, 0) is 15.1 Å². The highest BCUT2D eigenvalue weighted by Gasteiger charge is 2.40. The van der Waals surface area contributed by atoms with Crippen molar-refractivity contribution in [3.8, 4) is 11.5 Å². The first-order chi connectivity index (χ1) is 9.00. The van der Waals surface area contributed by atoms with Gasteiger partial charge in [0.1, 0.15) is 13.2 Å². The number of likely N-dealkylation sites (N-methyl/N-ethyl adjacent to an activating group) is 1. The summed E-state index contributed by atoms with van der Waals surface area (Å²) >= 11 is 0. The highest BCUT2D eigenvalue weighted by molar-refractivity contribution is 5.83. The van der Waals surface area contributed by atoms with E-state index in [1.54, 1.807) is 18.2 Å². The molecule has 1 aliphatic heterocycles. The molecule has 0 bridgehead atoms. The monoisotopic (exact) mass is 265 g/mol. The zero-order valence-corrected chi connectivity index (χ0v) is 10.8. The number of carboxylic acids is 1. The van der Waals surface area contributed by atoms with Crippen molar-refractivity contribution in [2.45, 2.75) is 12.5 Å². The molecule has 19 heavy (non-hydrogen) atoms. The molecule has 1 heterocycles. The van der Waals surface area contributed by atoms with Crippen LogP contribution < -0.4 is 9.47 Å². The zero-order valence-electron chi connectivity index (χ0n) is 10.8. The summed E-state index contributed by atoms with van der Waals surface area (Å²) in [7, 11) is 1.43. The number of hydrogen-bond acceptors (Lipinski definition) is 4. The fourth-order valence-electron chi connectivity index (χ4n) is 1.93. The molecule has 1 aliphatic rings. The quantitative estimate of drug-likeness (QED) is 0.817. The number of carbonyl (C=O) groups excluding carboxylic acids is 1. The number of rotatable bonds is 4. The lowest BCUT2D eigenvalue weighted by Gasteiger charge is -2.33. The van der Waals surface area contributed by atoms with Gasteiger partial charge in [-0.15, -0.1) is 0 Å². The third kappa shape index (κ3) is 2.09. The summed E-state index contributed by atoms with van der Waals surface area (Å²) in [6.07, 6.45) is 0.491. The van der Waals surface area contributed by atoms with Gasteiger partial charge in [-0.05, 0) is 24.6 Å². The highest BCUT2D eigenvalue weighted by atomic mass is 16.6. The van der Waals surface area contributed by atoms with Crippen molar-refractivity contribution >= 4 is 12.4 Å². The topological polar surface area (TPSA) is 76.1 Å². The van der Waals surface area contributed by atoms with Gasteiger partial charge in [0.2, 0.25) is 6.41 Å². The van der Waals surface area contributed by atoms with Crippen LogP contribution in [0, 0.1) is 0 Å². The largest absolute Gasteiger partial charge is 0.486 e. The van der Waals surface area contributed by atoms with Crippen LogP contribution in [0.1, 0.15) is 12.5 Å². The molecule has 0 radical (unpaired) electrons. The second kappa shape index (κ2) is 4.79. The fourth-order valence-corrected chi connectivity index (χ4v) is 1.93. The molecule has 1 aromatic carbocycles. The van der Waals surface area contributed by atoms with E-state index in [0.717, 1.165) is 4.90 Å². The van der Waals surface area contributed by atoms with Gasteiger partial charge in [-0.2, -0.15) is 0 Å². The molecule has 0 aromatic heterocycles. The molecule has 0 fully saturated rings. The Kier molecular flexibility index (Phi) is 3.33. The van der Waals surface area contributed by atoms with Crippen LogP contribution in [0.3, 0.4) is 0 Å². The lowest BCUT2D eigenvalue weighted by atomic mass is 9.90. The number of nitrogens with zero attached hydrogens (tertiary/aromatic N) is 1. The summed E-state index contributed by atoms with van der Waals surface area (Å²) < 4.78 is 10.8. The first-order valence-corrected chi connectivity index (χ1v) is 5.82. The average molecular weight is 265 g/mol. The Morgan fingerprint density at radius 1 is 1.37 bits per heavy atom. The number of aliphatic carboxylic acids is 1. The van der Waals surface area contributed by atoms with Crippen molar-refractivity contribution in [3.63, 3.8) is 0 Å². The van der Waals surface area contributed by atoms with Crippen LogP contribution in [0.15, 0.2) is 18.2 Å². The zero-order chi connectivity index (χ0) is 14.0. The van der Waals surface area contributed by atoms with Crippen LogP contribution >= 0.6 is 0 Å². The number of amides is 1. The second-order valence-corrected chi connectivity index (χ2v) is 4.45. The molecule has 2 rings (SSSR count). The second-order valence-electron chi connectivity index (χ2n) is 4.45. The van der Waals surface area contributed by atoms with Crippen LogP contribution in [0.2, 0.25) is 0 Å². The Hall–Kier alpha value is -2.24. The minimum atomic E-state index is -1.45. The standard InChI is InChI=1S/C13H15NO5/c1-13(12(16)17,14(2)8-15)9-3-4-10-11(7-9)19-6-5-18-10/h3-4,7-8H,5-6H2,1-2H3,(H,16,17). The molecule has 1 atom stereocenters. The van der Waals surface area contributed by atoms with Gasteiger partial charge < -0.3 is 19.5 Å². The summed E-state index contributed by atoms with van der Waals surface area (Å²) in [5, 5.41) is 9.42. The fraction of sp³-hybridized carbons (Fsp3) is 0.385. The molecular formula is C13H15NO5. The minimum Gasteiger partial charge on any atom is -0.486 e. The van der Waals surface area contributed by atoms with E-state index >= 15 is 0 Å². The van der Waals surface area contributed by atoms with Crippen LogP contribution in [0.4, 0.5) is 0 Å².